The number of rotatable bonds is 4. The Balaban J connectivity index is 1.72. The van der Waals surface area contributed by atoms with Crippen LogP contribution in [0.15, 0.2) is 24.3 Å². The second-order valence-electron chi connectivity index (χ2n) is 7.84. The molecule has 0 N–H and O–H groups in total. The van der Waals surface area contributed by atoms with E-state index in [1.807, 2.05) is 31.2 Å². The minimum Gasteiger partial charge on any atom is -0.469 e. The topological polar surface area (TPSA) is 100 Å². The molecular weight excluding hydrogens is 382 g/mol. The number of benzene rings is 1. The maximum atomic E-state index is 11.9. The molecule has 5 rings (SSSR count). The lowest BCUT2D eigenvalue weighted by Gasteiger charge is -2.17. The van der Waals surface area contributed by atoms with E-state index in [1.165, 1.54) is 26.4 Å². The molecule has 30 heavy (non-hydrogen) atoms. The number of nitrogens with zero attached hydrogens (tertiary/aromatic N) is 7. The van der Waals surface area contributed by atoms with Crippen LogP contribution in [-0.2, 0) is 16.0 Å². The number of ether oxygens (including phenoxy) is 1. The van der Waals surface area contributed by atoms with Crippen molar-refractivity contribution >= 4 is 22.9 Å². The Kier molecular flexibility index (Phi) is 4.65. The third-order valence-electron chi connectivity index (χ3n) is 5.74. The lowest BCUT2D eigenvalue weighted by molar-refractivity contribution is -0.139. The number of fused-ring (bicyclic) bond motifs is 3. The molecule has 0 unspecified atom stereocenters. The fourth-order valence-electron chi connectivity index (χ4n) is 4.09. The van der Waals surface area contributed by atoms with Crippen LogP contribution in [0, 0.1) is 6.92 Å². The van der Waals surface area contributed by atoms with E-state index >= 15 is 0 Å². The van der Waals surface area contributed by atoms with Crippen molar-refractivity contribution in [3.63, 3.8) is 0 Å². The molecule has 1 aliphatic rings. The maximum absolute atomic E-state index is 11.9. The molecule has 0 atom stereocenters. The molecule has 4 aromatic rings. The van der Waals surface area contributed by atoms with Crippen LogP contribution >= 0.6 is 0 Å². The van der Waals surface area contributed by atoms with Gasteiger partial charge < -0.3 is 4.74 Å². The molecule has 3 heterocycles. The summed E-state index contributed by atoms with van der Waals surface area (Å²) < 4.78 is 8.30. The molecule has 0 bridgehead atoms. The Labute approximate surface area is 173 Å². The fourth-order valence-corrected chi connectivity index (χ4v) is 4.09. The predicted molar refractivity (Wildman–Crippen MR) is 109 cm³/mol. The minimum absolute atomic E-state index is 0.0101. The molecule has 0 aliphatic heterocycles. The van der Waals surface area contributed by atoms with Gasteiger partial charge >= 0.3 is 5.97 Å². The molecule has 0 radical (unpaired) electrons. The molecule has 9 nitrogen and oxygen atoms in total. The van der Waals surface area contributed by atoms with Gasteiger partial charge in [0.1, 0.15) is 5.69 Å². The monoisotopic (exact) mass is 405 g/mol. The molecular formula is C21H23N7O2. The van der Waals surface area contributed by atoms with E-state index < -0.39 is 0 Å². The number of methoxy groups -OCH3 is 1. The van der Waals surface area contributed by atoms with Crippen LogP contribution in [-0.4, -0.2) is 47.7 Å². The average molecular weight is 405 g/mol. The van der Waals surface area contributed by atoms with Crippen molar-refractivity contribution in [2.45, 2.75) is 51.4 Å². The van der Waals surface area contributed by atoms with Crippen molar-refractivity contribution < 1.29 is 9.53 Å². The standard InChI is InChI=1S/C21H23N7O2/c1-13-8-10-15(11-9-13)27-20-18(16(25-27)12-17(29)30-2)23-24-21-22-19(26-28(20)21)14-6-4-3-5-7-14/h8-11,14H,3-7,12H2,1-2H3. The zero-order chi connectivity index (χ0) is 20.7. The van der Waals surface area contributed by atoms with E-state index in [2.05, 4.69) is 20.3 Å². The third kappa shape index (κ3) is 3.20. The van der Waals surface area contributed by atoms with Crippen molar-refractivity contribution in [3.05, 3.63) is 41.3 Å². The molecule has 9 heteroatoms. The van der Waals surface area contributed by atoms with E-state index in [9.17, 15) is 4.79 Å². The highest BCUT2D eigenvalue weighted by Gasteiger charge is 2.24. The van der Waals surface area contributed by atoms with Crippen molar-refractivity contribution in [3.8, 4) is 5.69 Å². The van der Waals surface area contributed by atoms with Gasteiger partial charge in [-0.1, -0.05) is 37.0 Å². The zero-order valence-electron chi connectivity index (χ0n) is 17.1. The molecule has 0 saturated heterocycles. The van der Waals surface area contributed by atoms with Crippen molar-refractivity contribution in [1.82, 2.24) is 34.6 Å². The largest absolute Gasteiger partial charge is 0.469 e. The molecule has 1 aromatic carbocycles. The van der Waals surface area contributed by atoms with Crippen molar-refractivity contribution in [2.75, 3.05) is 7.11 Å². The highest BCUT2D eigenvalue weighted by atomic mass is 16.5. The van der Waals surface area contributed by atoms with Crippen LogP contribution in [0.2, 0.25) is 0 Å². The van der Waals surface area contributed by atoms with Gasteiger partial charge in [-0.25, -0.2) is 4.68 Å². The van der Waals surface area contributed by atoms with Crippen LogP contribution in [0.5, 0.6) is 0 Å². The van der Waals surface area contributed by atoms with Crippen molar-refractivity contribution in [2.24, 2.45) is 0 Å². The Morgan fingerprint density at radius 2 is 1.87 bits per heavy atom. The molecule has 0 amide bonds. The van der Waals surface area contributed by atoms with Gasteiger partial charge in [0.15, 0.2) is 17.0 Å². The molecule has 0 spiro atoms. The number of aryl methyl sites for hydroxylation is 1. The van der Waals surface area contributed by atoms with Gasteiger partial charge in [-0.05, 0) is 31.9 Å². The first kappa shape index (κ1) is 18.7. The second kappa shape index (κ2) is 7.47. The van der Waals surface area contributed by atoms with E-state index in [4.69, 9.17) is 9.84 Å². The van der Waals surface area contributed by atoms with Gasteiger partial charge in [-0.2, -0.15) is 14.6 Å². The first-order chi connectivity index (χ1) is 14.6. The summed E-state index contributed by atoms with van der Waals surface area (Å²) >= 11 is 0. The van der Waals surface area contributed by atoms with E-state index in [0.29, 0.717) is 28.6 Å². The zero-order valence-corrected chi connectivity index (χ0v) is 17.1. The van der Waals surface area contributed by atoms with Gasteiger partial charge in [0, 0.05) is 5.92 Å². The van der Waals surface area contributed by atoms with Gasteiger partial charge in [-0.15, -0.1) is 15.3 Å². The fraction of sp³-hybridized carbons (Fsp3) is 0.429. The maximum Gasteiger partial charge on any atom is 0.311 e. The van der Waals surface area contributed by atoms with Gasteiger partial charge in [-0.3, -0.25) is 4.79 Å². The van der Waals surface area contributed by atoms with E-state index in [1.54, 1.807) is 9.20 Å². The smallest absolute Gasteiger partial charge is 0.311 e. The minimum atomic E-state index is -0.381. The first-order valence-corrected chi connectivity index (χ1v) is 10.3. The summed E-state index contributed by atoms with van der Waals surface area (Å²) in [6, 6.07) is 8.00. The molecule has 3 aromatic heterocycles. The number of carbonyl (C=O) groups is 1. The number of esters is 1. The second-order valence-corrected chi connectivity index (χ2v) is 7.84. The first-order valence-electron chi connectivity index (χ1n) is 10.3. The lowest BCUT2D eigenvalue weighted by Crippen LogP contribution is -2.07. The molecule has 1 saturated carbocycles. The summed E-state index contributed by atoms with van der Waals surface area (Å²) in [5.41, 5.74) is 3.67. The Bertz CT molecular complexity index is 1220. The quantitative estimate of drug-likeness (QED) is 0.481. The number of aromatic nitrogens is 7. The third-order valence-corrected chi connectivity index (χ3v) is 5.74. The molecule has 154 valence electrons. The predicted octanol–water partition coefficient (Wildman–Crippen LogP) is 2.93. The van der Waals surface area contributed by atoms with Gasteiger partial charge in [0.2, 0.25) is 0 Å². The Morgan fingerprint density at radius 3 is 2.60 bits per heavy atom. The normalized spacial score (nSPS) is 15.1. The highest BCUT2D eigenvalue weighted by Crippen LogP contribution is 2.31. The molecule has 1 fully saturated rings. The average Bonchev–Trinajstić information content (AvgIpc) is 3.36. The van der Waals surface area contributed by atoms with Crippen LogP contribution in [0.4, 0.5) is 0 Å². The van der Waals surface area contributed by atoms with Gasteiger partial charge in [0.25, 0.3) is 5.78 Å². The summed E-state index contributed by atoms with van der Waals surface area (Å²) in [5.74, 6) is 1.22. The summed E-state index contributed by atoms with van der Waals surface area (Å²) in [6.07, 6.45) is 5.87. The highest BCUT2D eigenvalue weighted by molar-refractivity contribution is 5.82. The van der Waals surface area contributed by atoms with Crippen LogP contribution < -0.4 is 0 Å². The number of hydrogen-bond donors (Lipinski definition) is 0. The van der Waals surface area contributed by atoms with Crippen molar-refractivity contribution in [1.29, 1.82) is 0 Å². The summed E-state index contributed by atoms with van der Waals surface area (Å²) in [6.45, 7) is 2.03. The summed E-state index contributed by atoms with van der Waals surface area (Å²) in [5, 5.41) is 18.1. The number of carbonyl (C=O) groups excluding carboxylic acids is 1. The van der Waals surface area contributed by atoms with Gasteiger partial charge in [0.05, 0.1) is 19.2 Å². The Morgan fingerprint density at radius 1 is 1.10 bits per heavy atom. The van der Waals surface area contributed by atoms with E-state index in [0.717, 1.165) is 29.9 Å². The molecule has 1 aliphatic carbocycles. The lowest BCUT2D eigenvalue weighted by atomic mass is 9.89. The van der Waals surface area contributed by atoms with Crippen LogP contribution in [0.25, 0.3) is 22.6 Å². The number of hydrogen-bond acceptors (Lipinski definition) is 7. The van der Waals surface area contributed by atoms with Crippen LogP contribution in [0.1, 0.15) is 55.1 Å². The summed E-state index contributed by atoms with van der Waals surface area (Å²) in [7, 11) is 1.36. The SMILES string of the molecule is COC(=O)Cc1nn(-c2ccc(C)cc2)c2c1nnc1nc(C3CCCCC3)nn12. The van der Waals surface area contributed by atoms with Crippen LogP contribution in [0.3, 0.4) is 0 Å². The summed E-state index contributed by atoms with van der Waals surface area (Å²) in [4.78, 5) is 16.6. The van der Waals surface area contributed by atoms with E-state index in [-0.39, 0.29) is 12.4 Å². The Hall–Kier alpha value is -3.36.